The van der Waals surface area contributed by atoms with Crippen molar-refractivity contribution in [3.8, 4) is 16.9 Å². The largest absolute Gasteiger partial charge is 0.497 e. The van der Waals surface area contributed by atoms with E-state index >= 15 is 0 Å². The van der Waals surface area contributed by atoms with Gasteiger partial charge in [-0.25, -0.2) is 4.98 Å². The van der Waals surface area contributed by atoms with Crippen LogP contribution in [0.15, 0.2) is 49.1 Å². The lowest BCUT2D eigenvalue weighted by atomic mass is 9.87. The van der Waals surface area contributed by atoms with E-state index in [4.69, 9.17) is 4.74 Å². The maximum Gasteiger partial charge on any atom is 0.435 e. The molecule has 0 saturated heterocycles. The summed E-state index contributed by atoms with van der Waals surface area (Å²) in [5.74, 6) is 1.01. The molecule has 0 radical (unpaired) electrons. The number of fused-ring (bicyclic) bond motifs is 1. The molecule has 198 valence electrons. The van der Waals surface area contributed by atoms with Crippen LogP contribution in [0, 0.1) is 0 Å². The second-order valence-electron chi connectivity index (χ2n) is 9.17. The number of halogens is 3. The van der Waals surface area contributed by atoms with E-state index in [1.807, 2.05) is 6.92 Å². The van der Waals surface area contributed by atoms with Gasteiger partial charge in [0, 0.05) is 61.5 Å². The van der Waals surface area contributed by atoms with Gasteiger partial charge in [0.05, 0.1) is 18.8 Å². The van der Waals surface area contributed by atoms with Crippen molar-refractivity contribution in [3.05, 3.63) is 83.0 Å². The van der Waals surface area contributed by atoms with Crippen LogP contribution in [0.2, 0.25) is 0 Å². The van der Waals surface area contributed by atoms with E-state index in [1.165, 1.54) is 10.9 Å². The van der Waals surface area contributed by atoms with Gasteiger partial charge in [0.25, 0.3) is 5.91 Å². The van der Waals surface area contributed by atoms with Crippen molar-refractivity contribution >= 4 is 5.91 Å². The maximum absolute atomic E-state index is 14.0. The molecule has 4 heterocycles. The lowest BCUT2D eigenvalue weighted by Crippen LogP contribution is -2.40. The van der Waals surface area contributed by atoms with Crippen LogP contribution in [0.1, 0.15) is 58.6 Å². The maximum atomic E-state index is 14.0. The molecule has 5 rings (SSSR count). The van der Waals surface area contributed by atoms with Gasteiger partial charge in [-0.15, -0.1) is 0 Å². The molecule has 0 aliphatic carbocycles. The number of ether oxygens (including phenoxy) is 1. The smallest absolute Gasteiger partial charge is 0.435 e. The van der Waals surface area contributed by atoms with E-state index < -0.39 is 11.9 Å². The average molecular weight is 525 g/mol. The second-order valence-corrected chi connectivity index (χ2v) is 9.17. The summed E-state index contributed by atoms with van der Waals surface area (Å²) in [6.07, 6.45) is 2.40. The highest BCUT2D eigenvalue weighted by atomic mass is 19.4. The third-order valence-electron chi connectivity index (χ3n) is 6.86. The number of hydrogen-bond acceptors (Lipinski definition) is 5. The third-order valence-corrected chi connectivity index (χ3v) is 6.86. The number of imidazole rings is 1. The molecule has 0 spiro atoms. The zero-order chi connectivity index (χ0) is 27.0. The van der Waals surface area contributed by atoms with Crippen molar-refractivity contribution in [2.75, 3.05) is 13.7 Å². The molecule has 1 amide bonds. The quantitative estimate of drug-likeness (QED) is 0.365. The highest BCUT2D eigenvalue weighted by molar-refractivity contribution is 5.99. The zero-order valence-electron chi connectivity index (χ0n) is 21.2. The second kappa shape index (κ2) is 9.96. The first-order valence-electron chi connectivity index (χ1n) is 12.3. The number of carbonyl (C=O) groups excluding carboxylic acids is 1. The zero-order valence-corrected chi connectivity index (χ0v) is 21.2. The summed E-state index contributed by atoms with van der Waals surface area (Å²) in [4.78, 5) is 27.3. The van der Waals surface area contributed by atoms with Crippen molar-refractivity contribution in [3.63, 3.8) is 0 Å². The topological polar surface area (TPSA) is 88.9 Å². The molecule has 0 unspecified atom stereocenters. The van der Waals surface area contributed by atoms with Crippen molar-refractivity contribution in [1.29, 1.82) is 0 Å². The van der Waals surface area contributed by atoms with Gasteiger partial charge in [-0.2, -0.15) is 18.3 Å². The number of carbonyl (C=O) groups is 1. The fourth-order valence-corrected chi connectivity index (χ4v) is 4.91. The van der Waals surface area contributed by atoms with Gasteiger partial charge in [0.1, 0.15) is 11.6 Å². The van der Waals surface area contributed by atoms with Crippen molar-refractivity contribution in [2.45, 2.75) is 45.5 Å². The first-order chi connectivity index (χ1) is 18.2. The molecule has 1 N–H and O–H groups in total. The molecule has 0 fully saturated rings. The fraction of sp³-hybridized carbons (Fsp3) is 0.333. The van der Waals surface area contributed by atoms with Crippen LogP contribution in [0.4, 0.5) is 13.2 Å². The number of amides is 1. The van der Waals surface area contributed by atoms with Crippen LogP contribution in [-0.2, 0) is 25.6 Å². The summed E-state index contributed by atoms with van der Waals surface area (Å²) in [5.41, 5.74) is 1.69. The fourth-order valence-electron chi connectivity index (χ4n) is 4.91. The minimum absolute atomic E-state index is 0.0272. The molecule has 1 aliphatic heterocycles. The number of nitrogens with one attached hydrogen (secondary N) is 1. The summed E-state index contributed by atoms with van der Waals surface area (Å²) in [6, 6.07) is 6.63. The van der Waals surface area contributed by atoms with Gasteiger partial charge >= 0.3 is 6.18 Å². The molecule has 0 bridgehead atoms. The Morgan fingerprint density at radius 2 is 1.92 bits per heavy atom. The third kappa shape index (κ3) is 4.75. The Bertz CT molecular complexity index is 1460. The number of pyridine rings is 1. The molecule has 11 heteroatoms. The standard InChI is InChI=1S/C27H27F3N6O2/c1-4-35-15-22(25(34-35)27(28,29)30)20-11-17(13-24-32-8-9-33-24)12-21-19(20)6-10-36(26(21)37)16(2)23-14-18(38-3)5-7-31-23/h5,7-9,11-12,14-16H,4,6,10,13H2,1-3H3,(H,32,33)/t16-/m0/s1. The van der Waals surface area contributed by atoms with Crippen LogP contribution in [0.25, 0.3) is 11.1 Å². The number of H-pyrrole nitrogens is 1. The van der Waals surface area contributed by atoms with Crippen molar-refractivity contribution in [2.24, 2.45) is 0 Å². The highest BCUT2D eigenvalue weighted by Crippen LogP contribution is 2.41. The highest BCUT2D eigenvalue weighted by Gasteiger charge is 2.39. The van der Waals surface area contributed by atoms with E-state index in [9.17, 15) is 18.0 Å². The van der Waals surface area contributed by atoms with Crippen LogP contribution in [0.5, 0.6) is 5.75 Å². The average Bonchev–Trinajstić information content (AvgIpc) is 3.58. The summed E-state index contributed by atoms with van der Waals surface area (Å²) >= 11 is 0. The predicted molar refractivity (Wildman–Crippen MR) is 134 cm³/mol. The van der Waals surface area contributed by atoms with Crippen LogP contribution in [-0.4, -0.2) is 49.2 Å². The minimum atomic E-state index is -4.64. The Labute approximate surface area is 217 Å². The first-order valence-corrected chi connectivity index (χ1v) is 12.3. The Kier molecular flexibility index (Phi) is 6.68. The van der Waals surface area contributed by atoms with Gasteiger partial charge in [0.15, 0.2) is 5.69 Å². The van der Waals surface area contributed by atoms with Gasteiger partial charge in [0.2, 0.25) is 0 Å². The molecule has 0 saturated carbocycles. The van der Waals surface area contributed by atoms with Crippen LogP contribution >= 0.6 is 0 Å². The first kappa shape index (κ1) is 25.5. The Morgan fingerprint density at radius 1 is 1.13 bits per heavy atom. The Balaban J connectivity index is 1.62. The van der Waals surface area contributed by atoms with E-state index in [-0.39, 0.29) is 24.1 Å². The summed E-state index contributed by atoms with van der Waals surface area (Å²) in [7, 11) is 1.56. The van der Waals surface area contributed by atoms with Gasteiger partial charge in [-0.1, -0.05) is 6.07 Å². The summed E-state index contributed by atoms with van der Waals surface area (Å²) < 4.78 is 48.7. The van der Waals surface area contributed by atoms with Crippen molar-refractivity contribution in [1.82, 2.24) is 29.6 Å². The van der Waals surface area contributed by atoms with Crippen LogP contribution in [0.3, 0.4) is 0 Å². The summed E-state index contributed by atoms with van der Waals surface area (Å²) in [6.45, 7) is 4.23. The number of benzene rings is 1. The number of aromatic nitrogens is 5. The lowest BCUT2D eigenvalue weighted by molar-refractivity contribution is -0.141. The monoisotopic (exact) mass is 524 g/mol. The number of hydrogen-bond donors (Lipinski definition) is 1. The SMILES string of the molecule is CCn1cc(-c2cc(Cc3ncc[nH]3)cc3c2CCN([C@@H](C)c2cc(OC)ccn2)C3=O)c(C(F)(F)F)n1. The number of rotatable bonds is 7. The molecular formula is C27H27F3N6O2. The number of nitrogens with zero attached hydrogens (tertiary/aromatic N) is 5. The normalized spacial score (nSPS) is 14.5. The van der Waals surface area contributed by atoms with E-state index in [1.54, 1.807) is 61.8 Å². The van der Waals surface area contributed by atoms with Crippen molar-refractivity contribution < 1.29 is 22.7 Å². The molecular weight excluding hydrogens is 497 g/mol. The molecule has 1 atom stereocenters. The van der Waals surface area contributed by atoms with Gasteiger partial charge < -0.3 is 14.6 Å². The van der Waals surface area contributed by atoms with Gasteiger partial charge in [-0.3, -0.25) is 14.5 Å². The molecule has 4 aromatic rings. The van der Waals surface area contributed by atoms with E-state index in [0.717, 1.165) is 0 Å². The van der Waals surface area contributed by atoms with E-state index in [0.29, 0.717) is 58.9 Å². The van der Waals surface area contributed by atoms with Crippen LogP contribution < -0.4 is 4.74 Å². The summed E-state index contributed by atoms with van der Waals surface area (Å²) in [5, 5.41) is 3.81. The molecule has 38 heavy (non-hydrogen) atoms. The number of methoxy groups -OCH3 is 1. The number of aryl methyl sites for hydroxylation is 1. The number of alkyl halides is 3. The van der Waals surface area contributed by atoms with Gasteiger partial charge in [-0.05, 0) is 49.1 Å². The molecule has 1 aromatic carbocycles. The van der Waals surface area contributed by atoms with E-state index in [2.05, 4.69) is 20.1 Å². The predicted octanol–water partition coefficient (Wildman–Crippen LogP) is 5.07. The molecule has 1 aliphatic rings. The molecule has 8 nitrogen and oxygen atoms in total. The Morgan fingerprint density at radius 3 is 2.61 bits per heavy atom. The number of aromatic amines is 1. The lowest BCUT2D eigenvalue weighted by Gasteiger charge is -2.34. The minimum Gasteiger partial charge on any atom is -0.497 e. The Hall–Kier alpha value is -4.15. The molecule has 3 aromatic heterocycles.